The van der Waals surface area contributed by atoms with Crippen LogP contribution in [0.1, 0.15) is 17.0 Å². The highest BCUT2D eigenvalue weighted by Gasteiger charge is 2.05. The van der Waals surface area contributed by atoms with Gasteiger partial charge in [-0.05, 0) is 41.9 Å². The molecule has 0 atom stereocenters. The molecule has 24 heavy (non-hydrogen) atoms. The molecule has 0 aliphatic heterocycles. The first-order valence-electron chi connectivity index (χ1n) is 7.33. The summed E-state index contributed by atoms with van der Waals surface area (Å²) in [5.41, 5.74) is 2.08. The normalized spacial score (nSPS) is 11.2. The zero-order valence-electron chi connectivity index (χ0n) is 12.6. The maximum atomic E-state index is 6.02. The van der Waals surface area contributed by atoms with Gasteiger partial charge in [0.25, 0.3) is 0 Å². The molecule has 0 bridgehead atoms. The molecular formula is C17H14Cl2N4S. The van der Waals surface area contributed by atoms with Crippen LogP contribution < -0.4 is 0 Å². The van der Waals surface area contributed by atoms with E-state index < -0.39 is 0 Å². The Kier molecular flexibility index (Phi) is 5.45. The minimum absolute atomic E-state index is 0.453. The van der Waals surface area contributed by atoms with E-state index in [4.69, 9.17) is 35.4 Å². The van der Waals surface area contributed by atoms with Gasteiger partial charge >= 0.3 is 0 Å². The second kappa shape index (κ2) is 7.75. The number of H-pyrrole nitrogens is 1. The van der Waals surface area contributed by atoms with Crippen LogP contribution in [0.15, 0.2) is 53.6 Å². The lowest BCUT2D eigenvalue weighted by molar-refractivity contribution is 0.750. The minimum atomic E-state index is 0.453. The van der Waals surface area contributed by atoms with Crippen molar-refractivity contribution in [2.75, 3.05) is 0 Å². The van der Waals surface area contributed by atoms with Gasteiger partial charge in [0.05, 0.1) is 16.3 Å². The van der Waals surface area contributed by atoms with Crippen molar-refractivity contribution in [1.82, 2.24) is 14.9 Å². The molecule has 0 spiro atoms. The fourth-order valence-corrected chi connectivity index (χ4v) is 2.73. The number of halogens is 2. The Morgan fingerprint density at radius 3 is 2.62 bits per heavy atom. The van der Waals surface area contributed by atoms with Crippen LogP contribution in [0.25, 0.3) is 0 Å². The van der Waals surface area contributed by atoms with E-state index in [1.54, 1.807) is 23.0 Å². The summed E-state index contributed by atoms with van der Waals surface area (Å²) >= 11 is 17.2. The SMILES string of the molecule is S=c1[nH]nc(CCc2ccccc2)n1/N=C\c1ccc(Cl)c(Cl)c1. The summed E-state index contributed by atoms with van der Waals surface area (Å²) < 4.78 is 2.08. The zero-order valence-corrected chi connectivity index (χ0v) is 14.9. The Labute approximate surface area is 154 Å². The van der Waals surface area contributed by atoms with Gasteiger partial charge in [0, 0.05) is 6.42 Å². The van der Waals surface area contributed by atoms with Crippen LogP contribution in [0, 0.1) is 4.77 Å². The molecule has 0 aliphatic rings. The number of aromatic amines is 1. The second-order valence-electron chi connectivity index (χ2n) is 5.16. The maximum absolute atomic E-state index is 6.02. The van der Waals surface area contributed by atoms with Crippen LogP contribution >= 0.6 is 35.4 Å². The summed E-state index contributed by atoms with van der Waals surface area (Å²) in [5.74, 6) is 0.778. The number of hydrogen-bond donors (Lipinski definition) is 1. The van der Waals surface area contributed by atoms with Crippen LogP contribution in [0.3, 0.4) is 0 Å². The molecule has 3 rings (SSSR count). The average Bonchev–Trinajstić information content (AvgIpc) is 2.95. The minimum Gasteiger partial charge on any atom is -0.250 e. The molecule has 2 aromatic carbocycles. The van der Waals surface area contributed by atoms with Crippen molar-refractivity contribution in [2.24, 2.45) is 5.10 Å². The standard InChI is InChI=1S/C17H14Cl2N4S/c18-14-8-6-13(10-15(14)19)11-20-23-16(21-22-17(23)24)9-7-12-4-2-1-3-5-12/h1-6,8,10-11H,7,9H2,(H,22,24)/b20-11-. The molecule has 122 valence electrons. The van der Waals surface area contributed by atoms with E-state index in [9.17, 15) is 0 Å². The number of benzene rings is 2. The lowest BCUT2D eigenvalue weighted by Crippen LogP contribution is -2.01. The van der Waals surface area contributed by atoms with E-state index in [1.165, 1.54) is 5.56 Å². The fourth-order valence-electron chi connectivity index (χ4n) is 2.22. The third kappa shape index (κ3) is 4.12. The first-order valence-corrected chi connectivity index (χ1v) is 8.49. The molecule has 0 unspecified atom stereocenters. The molecule has 0 saturated carbocycles. The van der Waals surface area contributed by atoms with Crippen LogP contribution in [0.4, 0.5) is 0 Å². The number of nitrogens with one attached hydrogen (secondary N) is 1. The first kappa shape index (κ1) is 16.9. The predicted octanol–water partition coefficient (Wildman–Crippen LogP) is 4.91. The monoisotopic (exact) mass is 376 g/mol. The third-order valence-electron chi connectivity index (χ3n) is 3.46. The number of hydrogen-bond acceptors (Lipinski definition) is 3. The molecule has 0 saturated heterocycles. The number of rotatable bonds is 5. The maximum Gasteiger partial charge on any atom is 0.216 e. The van der Waals surface area contributed by atoms with E-state index in [0.29, 0.717) is 14.8 Å². The predicted molar refractivity (Wildman–Crippen MR) is 101 cm³/mol. The molecule has 7 heteroatoms. The van der Waals surface area contributed by atoms with E-state index in [1.807, 2.05) is 24.3 Å². The van der Waals surface area contributed by atoms with E-state index >= 15 is 0 Å². The smallest absolute Gasteiger partial charge is 0.216 e. The van der Waals surface area contributed by atoms with Gasteiger partial charge in [0.1, 0.15) is 0 Å². The zero-order chi connectivity index (χ0) is 16.9. The van der Waals surface area contributed by atoms with Crippen molar-refractivity contribution in [3.05, 3.63) is 80.3 Å². The topological polar surface area (TPSA) is 46.0 Å². The quantitative estimate of drug-likeness (QED) is 0.507. The molecule has 0 radical (unpaired) electrons. The molecule has 1 aromatic heterocycles. The highest BCUT2D eigenvalue weighted by atomic mass is 35.5. The summed E-state index contributed by atoms with van der Waals surface area (Å²) in [6, 6.07) is 15.5. The molecule has 1 N–H and O–H groups in total. The lowest BCUT2D eigenvalue weighted by Gasteiger charge is -2.02. The molecule has 3 aromatic rings. The summed E-state index contributed by atoms with van der Waals surface area (Å²) in [7, 11) is 0. The summed E-state index contributed by atoms with van der Waals surface area (Å²) in [5, 5.41) is 12.5. The van der Waals surface area contributed by atoms with E-state index in [2.05, 4.69) is 27.4 Å². The highest BCUT2D eigenvalue weighted by Crippen LogP contribution is 2.21. The van der Waals surface area contributed by atoms with Gasteiger partial charge in [-0.2, -0.15) is 14.9 Å². The van der Waals surface area contributed by atoms with Crippen LogP contribution in [-0.2, 0) is 12.8 Å². The van der Waals surface area contributed by atoms with E-state index in [0.717, 1.165) is 24.2 Å². The molecular weight excluding hydrogens is 363 g/mol. The Hall–Kier alpha value is -1.95. The van der Waals surface area contributed by atoms with Gasteiger partial charge in [0.15, 0.2) is 5.82 Å². The van der Waals surface area contributed by atoms with Gasteiger partial charge in [-0.25, -0.2) is 0 Å². The van der Waals surface area contributed by atoms with Crippen LogP contribution in [0.2, 0.25) is 10.0 Å². The number of nitrogens with zero attached hydrogens (tertiary/aromatic N) is 3. The van der Waals surface area contributed by atoms with Crippen molar-refractivity contribution in [3.63, 3.8) is 0 Å². The van der Waals surface area contributed by atoms with Gasteiger partial charge < -0.3 is 0 Å². The van der Waals surface area contributed by atoms with Gasteiger partial charge in [-0.3, -0.25) is 5.10 Å². The summed E-state index contributed by atoms with van der Waals surface area (Å²) in [4.78, 5) is 0. The van der Waals surface area contributed by atoms with E-state index in [-0.39, 0.29) is 0 Å². The molecule has 0 aliphatic carbocycles. The molecule has 4 nitrogen and oxygen atoms in total. The van der Waals surface area contributed by atoms with Gasteiger partial charge in [-0.15, -0.1) is 0 Å². The Balaban J connectivity index is 1.78. The molecule has 0 amide bonds. The Morgan fingerprint density at radius 2 is 1.88 bits per heavy atom. The summed E-state index contributed by atoms with van der Waals surface area (Å²) in [6.45, 7) is 0. The third-order valence-corrected chi connectivity index (χ3v) is 4.47. The largest absolute Gasteiger partial charge is 0.250 e. The average molecular weight is 377 g/mol. The van der Waals surface area contributed by atoms with Crippen molar-refractivity contribution in [2.45, 2.75) is 12.8 Å². The van der Waals surface area contributed by atoms with Crippen molar-refractivity contribution in [3.8, 4) is 0 Å². The second-order valence-corrected chi connectivity index (χ2v) is 6.36. The van der Waals surface area contributed by atoms with Crippen molar-refractivity contribution < 1.29 is 0 Å². The number of aromatic nitrogens is 3. The van der Waals surface area contributed by atoms with Crippen LogP contribution in [0.5, 0.6) is 0 Å². The van der Waals surface area contributed by atoms with Crippen molar-refractivity contribution >= 4 is 41.6 Å². The first-order chi connectivity index (χ1) is 11.6. The van der Waals surface area contributed by atoms with Crippen molar-refractivity contribution in [1.29, 1.82) is 0 Å². The Bertz CT molecular complexity index is 916. The fraction of sp³-hybridized carbons (Fsp3) is 0.118. The van der Waals surface area contributed by atoms with Gasteiger partial charge in [-0.1, -0.05) is 59.6 Å². The number of aryl methyl sites for hydroxylation is 2. The van der Waals surface area contributed by atoms with Gasteiger partial charge in [0.2, 0.25) is 4.77 Å². The lowest BCUT2D eigenvalue weighted by atomic mass is 10.1. The van der Waals surface area contributed by atoms with Crippen LogP contribution in [-0.4, -0.2) is 21.1 Å². The Morgan fingerprint density at radius 1 is 1.08 bits per heavy atom. The summed E-state index contributed by atoms with van der Waals surface area (Å²) in [6.07, 6.45) is 3.28. The highest BCUT2D eigenvalue weighted by molar-refractivity contribution is 7.71. The molecule has 0 fully saturated rings. The molecule has 1 heterocycles.